The molecule has 1 aromatic rings. The minimum Gasteiger partial charge on any atom is -0.506 e. The highest BCUT2D eigenvalue weighted by Gasteiger charge is 2.13. The lowest BCUT2D eigenvalue weighted by atomic mass is 10.2. The van der Waals surface area contributed by atoms with E-state index in [4.69, 9.17) is 12.2 Å². The first kappa shape index (κ1) is 17.3. The number of thiocarbonyl (C=S) groups is 1. The van der Waals surface area contributed by atoms with Gasteiger partial charge in [-0.25, -0.2) is 0 Å². The molecule has 9 nitrogen and oxygen atoms in total. The van der Waals surface area contributed by atoms with Crippen LogP contribution < -0.4 is 10.6 Å². The third-order valence-corrected chi connectivity index (χ3v) is 2.68. The van der Waals surface area contributed by atoms with E-state index in [-0.39, 0.29) is 35.1 Å². The molecule has 0 saturated heterocycles. The van der Waals surface area contributed by atoms with Gasteiger partial charge in [-0.2, -0.15) is 0 Å². The minimum atomic E-state index is -0.636. The standard InChI is InChI=1S/C12H13N3O6S/c1-21-11(18)5-4-10(17)14-12(22)13-8-6-7(15(19)20)2-3-9(8)16/h2-3,6,16H,4-5H2,1H3,(H2,13,14,17,22). The van der Waals surface area contributed by atoms with Crippen molar-refractivity contribution < 1.29 is 24.4 Å². The van der Waals surface area contributed by atoms with E-state index in [0.717, 1.165) is 18.2 Å². The second kappa shape index (κ2) is 7.88. The number of carbonyl (C=O) groups is 2. The molecule has 0 radical (unpaired) electrons. The summed E-state index contributed by atoms with van der Waals surface area (Å²) in [6.45, 7) is 0. The van der Waals surface area contributed by atoms with E-state index in [0.29, 0.717) is 0 Å². The number of nitro benzene ring substituents is 1. The van der Waals surface area contributed by atoms with Crippen LogP contribution in [0.4, 0.5) is 11.4 Å². The third-order valence-electron chi connectivity index (χ3n) is 2.48. The third kappa shape index (κ3) is 5.32. The molecule has 3 N–H and O–H groups in total. The highest BCUT2D eigenvalue weighted by molar-refractivity contribution is 7.80. The van der Waals surface area contributed by atoms with E-state index in [9.17, 15) is 24.8 Å². The van der Waals surface area contributed by atoms with Gasteiger partial charge >= 0.3 is 5.97 Å². The lowest BCUT2D eigenvalue weighted by Gasteiger charge is -2.10. The summed E-state index contributed by atoms with van der Waals surface area (Å²) < 4.78 is 4.39. The maximum atomic E-state index is 11.5. The molecule has 1 aromatic carbocycles. The average Bonchev–Trinajstić information content (AvgIpc) is 2.46. The number of aromatic hydroxyl groups is 1. The van der Waals surface area contributed by atoms with Crippen molar-refractivity contribution in [2.45, 2.75) is 12.8 Å². The highest BCUT2D eigenvalue weighted by Crippen LogP contribution is 2.27. The largest absolute Gasteiger partial charge is 0.506 e. The quantitative estimate of drug-likeness (QED) is 0.241. The summed E-state index contributed by atoms with van der Waals surface area (Å²) in [5.41, 5.74) is -0.271. The first-order valence-electron chi connectivity index (χ1n) is 5.98. The number of hydrogen-bond acceptors (Lipinski definition) is 7. The van der Waals surface area contributed by atoms with Crippen molar-refractivity contribution in [3.05, 3.63) is 28.3 Å². The number of hydrogen-bond donors (Lipinski definition) is 3. The van der Waals surface area contributed by atoms with Crippen LogP contribution in [0.2, 0.25) is 0 Å². The van der Waals surface area contributed by atoms with Gasteiger partial charge < -0.3 is 20.5 Å². The predicted molar refractivity (Wildman–Crippen MR) is 80.4 cm³/mol. The number of nitrogens with zero attached hydrogens (tertiary/aromatic N) is 1. The van der Waals surface area contributed by atoms with Gasteiger partial charge in [0.2, 0.25) is 5.91 Å². The molecule has 0 aliphatic carbocycles. The molecule has 0 aliphatic heterocycles. The Kier molecular flexibility index (Phi) is 6.20. The summed E-state index contributed by atoms with van der Waals surface area (Å²) in [6, 6.07) is 3.32. The summed E-state index contributed by atoms with van der Waals surface area (Å²) in [5, 5.41) is 24.8. The van der Waals surface area contributed by atoms with Crippen molar-refractivity contribution in [3.63, 3.8) is 0 Å². The van der Waals surface area contributed by atoms with Gasteiger partial charge in [0.1, 0.15) is 5.75 Å². The Morgan fingerprint density at radius 2 is 2.09 bits per heavy atom. The molecule has 0 heterocycles. The van der Waals surface area contributed by atoms with Crippen molar-refractivity contribution in [1.29, 1.82) is 0 Å². The summed E-state index contributed by atoms with van der Waals surface area (Å²) in [7, 11) is 1.21. The molecule has 0 fully saturated rings. The Bertz CT molecular complexity index is 619. The number of amides is 1. The van der Waals surface area contributed by atoms with Gasteiger partial charge in [-0.3, -0.25) is 19.7 Å². The first-order valence-corrected chi connectivity index (χ1v) is 6.39. The van der Waals surface area contributed by atoms with Gasteiger partial charge in [0.25, 0.3) is 5.69 Å². The second-order valence-electron chi connectivity index (χ2n) is 4.04. The van der Waals surface area contributed by atoms with Crippen LogP contribution in [-0.2, 0) is 14.3 Å². The molecule has 0 saturated carbocycles. The fraction of sp³-hybridized carbons (Fsp3) is 0.250. The second-order valence-corrected chi connectivity index (χ2v) is 4.45. The fourth-order valence-electron chi connectivity index (χ4n) is 1.40. The van der Waals surface area contributed by atoms with Crippen LogP contribution in [0.25, 0.3) is 0 Å². The Balaban J connectivity index is 2.61. The zero-order chi connectivity index (χ0) is 16.7. The number of phenolic OH excluding ortho intramolecular Hbond substituents is 1. The number of anilines is 1. The van der Waals surface area contributed by atoms with Crippen LogP contribution in [-0.4, -0.2) is 34.1 Å². The van der Waals surface area contributed by atoms with Crippen LogP contribution in [0, 0.1) is 10.1 Å². The molecule has 0 bridgehead atoms. The fourth-order valence-corrected chi connectivity index (χ4v) is 1.62. The zero-order valence-electron chi connectivity index (χ0n) is 11.5. The zero-order valence-corrected chi connectivity index (χ0v) is 12.3. The lowest BCUT2D eigenvalue weighted by Crippen LogP contribution is -2.34. The van der Waals surface area contributed by atoms with Crippen LogP contribution in [0.15, 0.2) is 18.2 Å². The molecule has 0 atom stereocenters. The lowest BCUT2D eigenvalue weighted by molar-refractivity contribution is -0.384. The number of ether oxygens (including phenoxy) is 1. The van der Waals surface area contributed by atoms with Gasteiger partial charge in [0.05, 0.1) is 24.1 Å². The first-order chi connectivity index (χ1) is 10.3. The van der Waals surface area contributed by atoms with Gasteiger partial charge in [-0.15, -0.1) is 0 Å². The molecule has 10 heteroatoms. The average molecular weight is 327 g/mol. The number of esters is 1. The van der Waals surface area contributed by atoms with Crippen LogP contribution in [0.5, 0.6) is 5.75 Å². The molecule has 0 aliphatic rings. The van der Waals surface area contributed by atoms with Crippen LogP contribution in [0.3, 0.4) is 0 Å². The Labute approximate surface area is 130 Å². The van der Waals surface area contributed by atoms with E-state index in [1.807, 2.05) is 0 Å². The smallest absolute Gasteiger partial charge is 0.306 e. The van der Waals surface area contributed by atoms with Crippen molar-refractivity contribution >= 4 is 40.6 Å². The molecule has 22 heavy (non-hydrogen) atoms. The van der Waals surface area contributed by atoms with Gasteiger partial charge in [0, 0.05) is 18.6 Å². The summed E-state index contributed by atoms with van der Waals surface area (Å²) in [6.07, 6.45) is -0.234. The van der Waals surface area contributed by atoms with Crippen molar-refractivity contribution in [2.75, 3.05) is 12.4 Å². The summed E-state index contributed by atoms with van der Waals surface area (Å²) >= 11 is 4.85. The highest BCUT2D eigenvalue weighted by atomic mass is 32.1. The number of benzene rings is 1. The number of carbonyl (C=O) groups excluding carboxylic acids is 2. The topological polar surface area (TPSA) is 131 Å². The molecule has 0 spiro atoms. The van der Waals surface area contributed by atoms with Crippen LogP contribution in [0.1, 0.15) is 12.8 Å². The Hall–Kier alpha value is -2.75. The summed E-state index contributed by atoms with van der Waals surface area (Å²) in [5.74, 6) is -1.34. The van der Waals surface area contributed by atoms with Gasteiger partial charge in [-0.1, -0.05) is 0 Å². The van der Waals surface area contributed by atoms with Crippen molar-refractivity contribution in [3.8, 4) is 5.75 Å². The summed E-state index contributed by atoms with van der Waals surface area (Å²) in [4.78, 5) is 32.4. The molecule has 118 valence electrons. The molecule has 1 amide bonds. The van der Waals surface area contributed by atoms with Crippen molar-refractivity contribution in [2.24, 2.45) is 0 Å². The van der Waals surface area contributed by atoms with E-state index in [1.54, 1.807) is 0 Å². The number of nitrogens with one attached hydrogen (secondary N) is 2. The maximum absolute atomic E-state index is 11.5. The van der Waals surface area contributed by atoms with Crippen LogP contribution >= 0.6 is 12.2 Å². The van der Waals surface area contributed by atoms with Gasteiger partial charge in [-0.05, 0) is 18.3 Å². The van der Waals surface area contributed by atoms with Crippen molar-refractivity contribution in [1.82, 2.24) is 5.32 Å². The monoisotopic (exact) mass is 327 g/mol. The molecule has 0 aromatic heterocycles. The number of rotatable bonds is 5. The molecular formula is C12H13N3O6S. The Morgan fingerprint density at radius 3 is 2.68 bits per heavy atom. The normalized spacial score (nSPS) is 9.68. The molecular weight excluding hydrogens is 314 g/mol. The minimum absolute atomic E-state index is 0.0209. The maximum Gasteiger partial charge on any atom is 0.306 e. The van der Waals surface area contributed by atoms with E-state index >= 15 is 0 Å². The van der Waals surface area contributed by atoms with E-state index < -0.39 is 16.8 Å². The Morgan fingerprint density at radius 1 is 1.41 bits per heavy atom. The molecule has 0 unspecified atom stereocenters. The number of non-ortho nitro benzene ring substituents is 1. The van der Waals surface area contributed by atoms with E-state index in [1.165, 1.54) is 7.11 Å². The molecule has 1 rings (SSSR count). The SMILES string of the molecule is COC(=O)CCC(=O)NC(=S)Nc1cc([N+](=O)[O-])ccc1O. The number of phenols is 1. The van der Waals surface area contributed by atoms with Gasteiger partial charge in [0.15, 0.2) is 5.11 Å². The number of methoxy groups -OCH3 is 1. The number of nitro groups is 1. The predicted octanol–water partition coefficient (Wildman–Crippen LogP) is 1.07. The van der Waals surface area contributed by atoms with E-state index in [2.05, 4.69) is 15.4 Å².